The number of carbonyl (C=O) groups is 1. The first-order valence-electron chi connectivity index (χ1n) is 6.66. The molecule has 0 saturated heterocycles. The van der Waals surface area contributed by atoms with Crippen molar-refractivity contribution in [1.82, 2.24) is 5.32 Å². The van der Waals surface area contributed by atoms with Gasteiger partial charge in [0, 0.05) is 6.54 Å². The Hall–Kier alpha value is -2.29. The van der Waals surface area contributed by atoms with Gasteiger partial charge in [0.05, 0.1) is 13.0 Å². The van der Waals surface area contributed by atoms with Gasteiger partial charge in [-0.2, -0.15) is 0 Å². The lowest BCUT2D eigenvalue weighted by Gasteiger charge is -2.12. The van der Waals surface area contributed by atoms with E-state index >= 15 is 0 Å². The lowest BCUT2D eigenvalue weighted by molar-refractivity contribution is -0.122. The SMILES string of the molecule is COc1ccc(CNC(=O)C(C)c2ccccc2)cc1. The van der Waals surface area contributed by atoms with Crippen molar-refractivity contribution in [2.75, 3.05) is 7.11 Å². The quantitative estimate of drug-likeness (QED) is 0.905. The van der Waals surface area contributed by atoms with E-state index in [0.29, 0.717) is 6.54 Å². The van der Waals surface area contributed by atoms with Crippen LogP contribution >= 0.6 is 0 Å². The van der Waals surface area contributed by atoms with E-state index in [0.717, 1.165) is 16.9 Å². The van der Waals surface area contributed by atoms with Crippen molar-refractivity contribution in [3.8, 4) is 5.75 Å². The van der Waals surface area contributed by atoms with Gasteiger partial charge < -0.3 is 10.1 Å². The molecule has 0 fully saturated rings. The largest absolute Gasteiger partial charge is 0.497 e. The number of benzene rings is 2. The lowest BCUT2D eigenvalue weighted by atomic mass is 10.0. The van der Waals surface area contributed by atoms with Gasteiger partial charge in [0.2, 0.25) is 5.91 Å². The van der Waals surface area contributed by atoms with Crippen molar-refractivity contribution < 1.29 is 9.53 Å². The standard InChI is InChI=1S/C17H19NO2/c1-13(15-6-4-3-5-7-15)17(19)18-12-14-8-10-16(20-2)11-9-14/h3-11,13H,12H2,1-2H3,(H,18,19). The molecule has 2 aromatic carbocycles. The zero-order valence-corrected chi connectivity index (χ0v) is 11.8. The molecule has 0 saturated carbocycles. The number of hydrogen-bond donors (Lipinski definition) is 1. The van der Waals surface area contributed by atoms with Crippen molar-refractivity contribution in [1.29, 1.82) is 0 Å². The van der Waals surface area contributed by atoms with Gasteiger partial charge in [-0.25, -0.2) is 0 Å². The smallest absolute Gasteiger partial charge is 0.227 e. The fourth-order valence-electron chi connectivity index (χ4n) is 1.98. The molecule has 0 heterocycles. The highest BCUT2D eigenvalue weighted by molar-refractivity contribution is 5.83. The van der Waals surface area contributed by atoms with Gasteiger partial charge in [0.1, 0.15) is 5.75 Å². The summed E-state index contributed by atoms with van der Waals surface area (Å²) in [6.07, 6.45) is 0. The van der Waals surface area contributed by atoms with Crippen molar-refractivity contribution >= 4 is 5.91 Å². The molecule has 2 aromatic rings. The predicted octanol–water partition coefficient (Wildman–Crippen LogP) is 3.12. The maximum Gasteiger partial charge on any atom is 0.227 e. The number of carbonyl (C=O) groups excluding carboxylic acids is 1. The van der Waals surface area contributed by atoms with Crippen LogP contribution < -0.4 is 10.1 Å². The van der Waals surface area contributed by atoms with E-state index in [9.17, 15) is 4.79 Å². The minimum Gasteiger partial charge on any atom is -0.497 e. The number of ether oxygens (including phenoxy) is 1. The maximum atomic E-state index is 12.1. The molecule has 20 heavy (non-hydrogen) atoms. The van der Waals surface area contributed by atoms with Crippen LogP contribution in [-0.2, 0) is 11.3 Å². The van der Waals surface area contributed by atoms with E-state index in [4.69, 9.17) is 4.74 Å². The molecule has 1 N–H and O–H groups in total. The molecule has 0 aliphatic rings. The van der Waals surface area contributed by atoms with Gasteiger partial charge in [-0.1, -0.05) is 42.5 Å². The summed E-state index contributed by atoms with van der Waals surface area (Å²) in [5.74, 6) is 0.708. The zero-order chi connectivity index (χ0) is 14.4. The Kier molecular flexibility index (Phi) is 4.77. The molecule has 0 radical (unpaired) electrons. The minimum atomic E-state index is -0.144. The normalized spacial score (nSPS) is 11.7. The van der Waals surface area contributed by atoms with Crippen molar-refractivity contribution in [3.63, 3.8) is 0 Å². The third-order valence-corrected chi connectivity index (χ3v) is 3.32. The summed E-state index contributed by atoms with van der Waals surface area (Å²) >= 11 is 0. The predicted molar refractivity (Wildman–Crippen MR) is 79.7 cm³/mol. The first kappa shape index (κ1) is 14.1. The van der Waals surface area contributed by atoms with Crippen LogP contribution in [0.5, 0.6) is 5.75 Å². The minimum absolute atomic E-state index is 0.0343. The van der Waals surface area contributed by atoms with Gasteiger partial charge in [-0.3, -0.25) is 4.79 Å². The molecule has 0 bridgehead atoms. The molecule has 104 valence electrons. The van der Waals surface area contributed by atoms with Crippen LogP contribution in [0.25, 0.3) is 0 Å². The van der Waals surface area contributed by atoms with Gasteiger partial charge in [0.15, 0.2) is 0 Å². The number of rotatable bonds is 5. The number of nitrogens with one attached hydrogen (secondary N) is 1. The maximum absolute atomic E-state index is 12.1. The molecule has 3 heteroatoms. The molecule has 2 rings (SSSR count). The van der Waals surface area contributed by atoms with E-state index < -0.39 is 0 Å². The number of methoxy groups -OCH3 is 1. The highest BCUT2D eigenvalue weighted by Crippen LogP contribution is 2.15. The summed E-state index contributed by atoms with van der Waals surface area (Å²) in [7, 11) is 1.64. The van der Waals surface area contributed by atoms with E-state index in [1.165, 1.54) is 0 Å². The van der Waals surface area contributed by atoms with Crippen LogP contribution in [0.4, 0.5) is 0 Å². The topological polar surface area (TPSA) is 38.3 Å². The molecule has 1 unspecified atom stereocenters. The van der Waals surface area contributed by atoms with E-state index in [-0.39, 0.29) is 11.8 Å². The van der Waals surface area contributed by atoms with Gasteiger partial charge in [0.25, 0.3) is 0 Å². The zero-order valence-electron chi connectivity index (χ0n) is 11.8. The third-order valence-electron chi connectivity index (χ3n) is 3.32. The van der Waals surface area contributed by atoms with Crippen LogP contribution in [0.15, 0.2) is 54.6 Å². The van der Waals surface area contributed by atoms with E-state index in [1.54, 1.807) is 7.11 Å². The first-order chi connectivity index (χ1) is 9.70. The highest BCUT2D eigenvalue weighted by atomic mass is 16.5. The highest BCUT2D eigenvalue weighted by Gasteiger charge is 2.14. The summed E-state index contributed by atoms with van der Waals surface area (Å²) in [6.45, 7) is 2.44. The van der Waals surface area contributed by atoms with Crippen LogP contribution in [0.3, 0.4) is 0 Å². The average molecular weight is 269 g/mol. The fourth-order valence-corrected chi connectivity index (χ4v) is 1.98. The second-order valence-electron chi connectivity index (χ2n) is 4.70. The summed E-state index contributed by atoms with van der Waals surface area (Å²) in [5.41, 5.74) is 2.08. The first-order valence-corrected chi connectivity index (χ1v) is 6.66. The third kappa shape index (κ3) is 3.60. The molecular formula is C17H19NO2. The van der Waals surface area contributed by atoms with E-state index in [2.05, 4.69) is 5.32 Å². The van der Waals surface area contributed by atoms with Crippen molar-refractivity contribution in [2.45, 2.75) is 19.4 Å². The van der Waals surface area contributed by atoms with Crippen LogP contribution in [0, 0.1) is 0 Å². The average Bonchev–Trinajstić information content (AvgIpc) is 2.53. The molecule has 0 aromatic heterocycles. The Labute approximate surface area is 119 Å². The molecule has 0 spiro atoms. The summed E-state index contributed by atoms with van der Waals surface area (Å²) in [5, 5.41) is 2.95. The number of hydrogen-bond acceptors (Lipinski definition) is 2. The molecule has 1 atom stereocenters. The Bertz CT molecular complexity index is 549. The van der Waals surface area contributed by atoms with Crippen LogP contribution in [-0.4, -0.2) is 13.0 Å². The summed E-state index contributed by atoms with van der Waals surface area (Å²) in [6, 6.07) is 17.5. The van der Waals surface area contributed by atoms with E-state index in [1.807, 2.05) is 61.5 Å². The molecule has 0 aliphatic carbocycles. The van der Waals surface area contributed by atoms with Gasteiger partial charge in [-0.15, -0.1) is 0 Å². The number of amides is 1. The molecular weight excluding hydrogens is 250 g/mol. The van der Waals surface area contributed by atoms with Crippen LogP contribution in [0.1, 0.15) is 24.0 Å². The van der Waals surface area contributed by atoms with Gasteiger partial charge >= 0.3 is 0 Å². The monoisotopic (exact) mass is 269 g/mol. The Balaban J connectivity index is 1.91. The molecule has 0 aliphatic heterocycles. The Morgan fingerprint density at radius 3 is 2.35 bits per heavy atom. The Morgan fingerprint density at radius 1 is 1.10 bits per heavy atom. The second-order valence-corrected chi connectivity index (χ2v) is 4.70. The fraction of sp³-hybridized carbons (Fsp3) is 0.235. The molecule has 1 amide bonds. The summed E-state index contributed by atoms with van der Waals surface area (Å²) < 4.78 is 5.10. The molecule has 3 nitrogen and oxygen atoms in total. The second kappa shape index (κ2) is 6.75. The van der Waals surface area contributed by atoms with Crippen molar-refractivity contribution in [2.24, 2.45) is 0 Å². The van der Waals surface area contributed by atoms with Gasteiger partial charge in [-0.05, 0) is 30.2 Å². The summed E-state index contributed by atoms with van der Waals surface area (Å²) in [4.78, 5) is 12.1. The lowest BCUT2D eigenvalue weighted by Crippen LogP contribution is -2.27. The van der Waals surface area contributed by atoms with Crippen molar-refractivity contribution in [3.05, 3.63) is 65.7 Å². The van der Waals surface area contributed by atoms with Crippen LogP contribution in [0.2, 0.25) is 0 Å². The Morgan fingerprint density at radius 2 is 1.75 bits per heavy atom.